The highest BCUT2D eigenvalue weighted by Crippen LogP contribution is 2.43. The lowest BCUT2D eigenvalue weighted by Crippen LogP contribution is -2.36. The molecule has 1 fully saturated rings. The van der Waals surface area contributed by atoms with E-state index in [1.54, 1.807) is 0 Å². The summed E-state index contributed by atoms with van der Waals surface area (Å²) in [6.45, 7) is 0. The van der Waals surface area contributed by atoms with E-state index in [0.29, 0.717) is 11.8 Å². The van der Waals surface area contributed by atoms with E-state index in [4.69, 9.17) is 0 Å². The molecule has 2 aromatic carbocycles. The van der Waals surface area contributed by atoms with Gasteiger partial charge in [-0.05, 0) is 35.8 Å². The summed E-state index contributed by atoms with van der Waals surface area (Å²) >= 11 is 0. The van der Waals surface area contributed by atoms with Crippen LogP contribution in [0.15, 0.2) is 72.8 Å². The first-order chi connectivity index (χ1) is 11.3. The van der Waals surface area contributed by atoms with Crippen LogP contribution in [0.4, 0.5) is 0 Å². The molecular weight excluding hydrogens is 282 g/mol. The van der Waals surface area contributed by atoms with E-state index in [0.717, 1.165) is 24.0 Å². The standard InChI is InChI=1S/C21H21NO/c23-21(19-14-15-11-12-18(19)13-15)22-20(16-7-3-1-4-8-16)17-9-5-2-6-10-17/h1-12,15,18-20H,13-14H2,(H,22,23)/t15-,18+,19+/m1/s1. The second kappa shape index (κ2) is 6.04. The number of benzene rings is 2. The summed E-state index contributed by atoms with van der Waals surface area (Å²) in [6, 6.07) is 20.4. The number of nitrogens with one attached hydrogen (secondary N) is 1. The van der Waals surface area contributed by atoms with Crippen LogP contribution in [0.5, 0.6) is 0 Å². The molecule has 0 spiro atoms. The van der Waals surface area contributed by atoms with Crippen molar-refractivity contribution in [1.29, 1.82) is 0 Å². The zero-order valence-corrected chi connectivity index (χ0v) is 13.1. The maximum absolute atomic E-state index is 12.8. The van der Waals surface area contributed by atoms with Gasteiger partial charge in [-0.1, -0.05) is 72.8 Å². The molecule has 116 valence electrons. The summed E-state index contributed by atoms with van der Waals surface area (Å²) in [5.74, 6) is 1.38. The molecule has 0 aliphatic heterocycles. The minimum Gasteiger partial charge on any atom is -0.345 e. The molecule has 2 aliphatic rings. The van der Waals surface area contributed by atoms with Crippen LogP contribution in [0.1, 0.15) is 30.0 Å². The summed E-state index contributed by atoms with van der Waals surface area (Å²) < 4.78 is 0. The molecule has 2 heteroatoms. The molecule has 1 N–H and O–H groups in total. The van der Waals surface area contributed by atoms with Crippen molar-refractivity contribution in [2.75, 3.05) is 0 Å². The molecule has 4 rings (SSSR count). The van der Waals surface area contributed by atoms with E-state index in [9.17, 15) is 4.79 Å². The first-order valence-corrected chi connectivity index (χ1v) is 8.40. The molecule has 0 heterocycles. The zero-order valence-electron chi connectivity index (χ0n) is 13.1. The molecule has 2 aromatic rings. The number of carbonyl (C=O) groups is 1. The summed E-state index contributed by atoms with van der Waals surface area (Å²) in [4.78, 5) is 12.8. The fourth-order valence-corrected chi connectivity index (χ4v) is 3.98. The Morgan fingerprint density at radius 2 is 1.48 bits per heavy atom. The number of amides is 1. The van der Waals surface area contributed by atoms with Gasteiger partial charge in [0, 0.05) is 5.92 Å². The highest BCUT2D eigenvalue weighted by Gasteiger charge is 2.40. The van der Waals surface area contributed by atoms with Gasteiger partial charge in [-0.25, -0.2) is 0 Å². The molecule has 1 amide bonds. The summed E-state index contributed by atoms with van der Waals surface area (Å²) in [5.41, 5.74) is 2.26. The average molecular weight is 303 g/mol. The Morgan fingerprint density at radius 3 is 1.96 bits per heavy atom. The highest BCUT2D eigenvalue weighted by atomic mass is 16.2. The van der Waals surface area contributed by atoms with Crippen molar-refractivity contribution in [3.8, 4) is 0 Å². The third-order valence-electron chi connectivity index (χ3n) is 5.17. The van der Waals surface area contributed by atoms with E-state index in [1.807, 2.05) is 36.4 Å². The van der Waals surface area contributed by atoms with Gasteiger partial charge in [-0.2, -0.15) is 0 Å². The molecule has 0 unspecified atom stereocenters. The van der Waals surface area contributed by atoms with Crippen LogP contribution < -0.4 is 5.32 Å². The van der Waals surface area contributed by atoms with Gasteiger partial charge in [0.25, 0.3) is 0 Å². The van der Waals surface area contributed by atoms with Crippen LogP contribution >= 0.6 is 0 Å². The van der Waals surface area contributed by atoms with Gasteiger partial charge in [0.1, 0.15) is 0 Å². The summed E-state index contributed by atoms with van der Waals surface area (Å²) in [6.07, 6.45) is 6.67. The van der Waals surface area contributed by atoms with Crippen molar-refractivity contribution in [3.63, 3.8) is 0 Å². The smallest absolute Gasteiger partial charge is 0.224 e. The van der Waals surface area contributed by atoms with Gasteiger partial charge in [0.2, 0.25) is 5.91 Å². The Labute approximate surface area is 137 Å². The lowest BCUT2D eigenvalue weighted by atomic mass is 9.91. The van der Waals surface area contributed by atoms with Crippen LogP contribution in [-0.4, -0.2) is 5.91 Å². The minimum atomic E-state index is -0.0759. The fourth-order valence-electron chi connectivity index (χ4n) is 3.98. The van der Waals surface area contributed by atoms with Crippen LogP contribution in [0, 0.1) is 17.8 Å². The Balaban J connectivity index is 1.59. The molecule has 0 saturated heterocycles. The second-order valence-electron chi connectivity index (χ2n) is 6.65. The van der Waals surface area contributed by atoms with Gasteiger partial charge in [-0.3, -0.25) is 4.79 Å². The highest BCUT2D eigenvalue weighted by molar-refractivity contribution is 5.81. The normalized spacial score (nSPS) is 25.0. The molecule has 2 nitrogen and oxygen atoms in total. The number of rotatable bonds is 4. The van der Waals surface area contributed by atoms with Crippen LogP contribution in [-0.2, 0) is 4.79 Å². The Kier molecular flexibility index (Phi) is 3.74. The average Bonchev–Trinajstić information content (AvgIpc) is 3.24. The molecule has 3 atom stereocenters. The van der Waals surface area contributed by atoms with E-state index < -0.39 is 0 Å². The molecular formula is C21H21NO. The maximum atomic E-state index is 12.8. The van der Waals surface area contributed by atoms with Crippen molar-refractivity contribution in [3.05, 3.63) is 83.9 Å². The number of carbonyl (C=O) groups excluding carboxylic acids is 1. The quantitative estimate of drug-likeness (QED) is 0.846. The van der Waals surface area contributed by atoms with Gasteiger partial charge in [-0.15, -0.1) is 0 Å². The Morgan fingerprint density at radius 1 is 0.870 bits per heavy atom. The fraction of sp³-hybridized carbons (Fsp3) is 0.286. The van der Waals surface area contributed by atoms with E-state index in [1.165, 1.54) is 0 Å². The third kappa shape index (κ3) is 2.81. The van der Waals surface area contributed by atoms with Crippen molar-refractivity contribution in [2.24, 2.45) is 17.8 Å². The van der Waals surface area contributed by atoms with E-state index in [-0.39, 0.29) is 17.9 Å². The zero-order chi connectivity index (χ0) is 15.6. The number of hydrogen-bond acceptors (Lipinski definition) is 1. The van der Waals surface area contributed by atoms with Crippen molar-refractivity contribution in [1.82, 2.24) is 5.32 Å². The third-order valence-corrected chi connectivity index (χ3v) is 5.17. The SMILES string of the molecule is O=C(NC(c1ccccc1)c1ccccc1)[C@H]1C[C@@H]2C=C[C@H]1C2. The van der Waals surface area contributed by atoms with Crippen LogP contribution in [0.2, 0.25) is 0 Å². The van der Waals surface area contributed by atoms with Crippen molar-refractivity contribution >= 4 is 5.91 Å². The summed E-state index contributed by atoms with van der Waals surface area (Å²) in [7, 11) is 0. The number of fused-ring (bicyclic) bond motifs is 2. The first kappa shape index (κ1) is 14.3. The van der Waals surface area contributed by atoms with E-state index in [2.05, 4.69) is 41.7 Å². The van der Waals surface area contributed by atoms with Gasteiger partial charge in [0.05, 0.1) is 6.04 Å². The van der Waals surface area contributed by atoms with Gasteiger partial charge in [0.15, 0.2) is 0 Å². The topological polar surface area (TPSA) is 29.1 Å². The maximum Gasteiger partial charge on any atom is 0.224 e. The predicted octanol–water partition coefficient (Wildman–Crippen LogP) is 4.10. The van der Waals surface area contributed by atoms with Crippen LogP contribution in [0.3, 0.4) is 0 Å². The van der Waals surface area contributed by atoms with Gasteiger partial charge >= 0.3 is 0 Å². The number of allylic oxidation sites excluding steroid dienone is 2. The largest absolute Gasteiger partial charge is 0.345 e. The first-order valence-electron chi connectivity index (χ1n) is 8.40. The molecule has 0 radical (unpaired) electrons. The molecule has 0 aromatic heterocycles. The molecule has 23 heavy (non-hydrogen) atoms. The number of hydrogen-bond donors (Lipinski definition) is 1. The lowest BCUT2D eigenvalue weighted by Gasteiger charge is -2.24. The lowest BCUT2D eigenvalue weighted by molar-refractivity contribution is -0.126. The summed E-state index contributed by atoms with van der Waals surface area (Å²) in [5, 5.41) is 3.30. The minimum absolute atomic E-state index is 0.0759. The second-order valence-corrected chi connectivity index (χ2v) is 6.65. The van der Waals surface area contributed by atoms with Crippen molar-refractivity contribution in [2.45, 2.75) is 18.9 Å². The predicted molar refractivity (Wildman–Crippen MR) is 91.7 cm³/mol. The molecule has 2 aliphatic carbocycles. The van der Waals surface area contributed by atoms with Crippen molar-refractivity contribution < 1.29 is 4.79 Å². The van der Waals surface area contributed by atoms with E-state index >= 15 is 0 Å². The Bertz CT molecular complexity index is 668. The monoisotopic (exact) mass is 303 g/mol. The molecule has 1 saturated carbocycles. The van der Waals surface area contributed by atoms with Crippen LogP contribution in [0.25, 0.3) is 0 Å². The van der Waals surface area contributed by atoms with Gasteiger partial charge < -0.3 is 5.32 Å². The Hall–Kier alpha value is -2.35. The molecule has 2 bridgehead atoms.